The van der Waals surface area contributed by atoms with Crippen molar-refractivity contribution in [2.45, 2.75) is 19.8 Å². The fraction of sp³-hybridized carbons (Fsp3) is 0.636. The molecule has 1 aromatic heterocycles. The van der Waals surface area contributed by atoms with Gasteiger partial charge in [0.1, 0.15) is 5.82 Å². The Kier molecular flexibility index (Phi) is 3.50. The summed E-state index contributed by atoms with van der Waals surface area (Å²) in [7, 11) is 0. The molecule has 82 valence electrons. The lowest BCUT2D eigenvalue weighted by Crippen LogP contribution is -2.10. The molecule has 15 heavy (non-hydrogen) atoms. The first kappa shape index (κ1) is 10.4. The van der Waals surface area contributed by atoms with Crippen molar-refractivity contribution in [2.75, 3.05) is 25.1 Å². The topological polar surface area (TPSA) is 47.0 Å². The van der Waals surface area contributed by atoms with Crippen molar-refractivity contribution in [3.05, 3.63) is 17.8 Å². The van der Waals surface area contributed by atoms with E-state index in [1.54, 1.807) is 0 Å². The molecule has 4 nitrogen and oxygen atoms in total. The van der Waals surface area contributed by atoms with Crippen molar-refractivity contribution in [3.8, 4) is 0 Å². The van der Waals surface area contributed by atoms with Gasteiger partial charge in [-0.25, -0.2) is 0 Å². The molecule has 0 bridgehead atoms. The van der Waals surface area contributed by atoms with Crippen LogP contribution in [0.3, 0.4) is 0 Å². The molecule has 1 saturated heterocycles. The molecule has 0 radical (unpaired) electrons. The summed E-state index contributed by atoms with van der Waals surface area (Å²) in [5.41, 5.74) is 0.949. The van der Waals surface area contributed by atoms with Gasteiger partial charge in [-0.1, -0.05) is 0 Å². The number of nitrogens with one attached hydrogen (secondary N) is 1. The van der Waals surface area contributed by atoms with E-state index in [4.69, 9.17) is 4.74 Å². The largest absolute Gasteiger partial charge is 0.381 e. The summed E-state index contributed by atoms with van der Waals surface area (Å²) < 4.78 is 5.32. The van der Waals surface area contributed by atoms with Gasteiger partial charge in [-0.3, -0.25) is 0 Å². The van der Waals surface area contributed by atoms with Crippen LogP contribution in [-0.2, 0) is 4.74 Å². The quantitative estimate of drug-likeness (QED) is 0.815. The molecule has 1 aliphatic heterocycles. The zero-order valence-electron chi connectivity index (χ0n) is 9.07. The highest BCUT2D eigenvalue weighted by Crippen LogP contribution is 2.16. The van der Waals surface area contributed by atoms with Crippen LogP contribution in [0.2, 0.25) is 0 Å². The highest BCUT2D eigenvalue weighted by Gasteiger charge is 2.14. The van der Waals surface area contributed by atoms with Gasteiger partial charge in [-0.05, 0) is 37.8 Å². The van der Waals surface area contributed by atoms with Crippen LogP contribution in [0.1, 0.15) is 18.5 Å². The number of ether oxygens (including phenoxy) is 1. The number of aryl methyl sites for hydroxylation is 1. The molecule has 0 amide bonds. The minimum Gasteiger partial charge on any atom is -0.381 e. The monoisotopic (exact) mass is 207 g/mol. The Morgan fingerprint density at radius 2 is 2.40 bits per heavy atom. The molecule has 1 N–H and O–H groups in total. The zero-order valence-corrected chi connectivity index (χ0v) is 9.07. The van der Waals surface area contributed by atoms with E-state index in [9.17, 15) is 0 Å². The van der Waals surface area contributed by atoms with Crippen molar-refractivity contribution in [2.24, 2.45) is 5.92 Å². The summed E-state index contributed by atoms with van der Waals surface area (Å²) in [4.78, 5) is 0. The van der Waals surface area contributed by atoms with Crippen molar-refractivity contribution >= 4 is 5.82 Å². The van der Waals surface area contributed by atoms with Crippen LogP contribution < -0.4 is 5.32 Å². The highest BCUT2D eigenvalue weighted by molar-refractivity contribution is 5.32. The molecule has 0 aliphatic carbocycles. The third-order valence-electron chi connectivity index (χ3n) is 2.68. The van der Waals surface area contributed by atoms with Gasteiger partial charge in [0.15, 0.2) is 0 Å². The van der Waals surface area contributed by atoms with Crippen molar-refractivity contribution in [1.82, 2.24) is 10.2 Å². The van der Waals surface area contributed by atoms with Crippen LogP contribution in [-0.4, -0.2) is 30.0 Å². The molecular formula is C11H17N3O. The molecule has 1 unspecified atom stereocenters. The number of aromatic nitrogens is 2. The summed E-state index contributed by atoms with van der Waals surface area (Å²) in [6.45, 7) is 4.73. The van der Waals surface area contributed by atoms with E-state index >= 15 is 0 Å². The second-order valence-electron chi connectivity index (χ2n) is 4.01. The smallest absolute Gasteiger partial charge is 0.148 e. The Balaban J connectivity index is 1.71. The fourth-order valence-corrected chi connectivity index (χ4v) is 1.71. The third-order valence-corrected chi connectivity index (χ3v) is 2.68. The Morgan fingerprint density at radius 1 is 1.47 bits per heavy atom. The molecule has 0 aromatic carbocycles. The first-order chi connectivity index (χ1) is 7.34. The summed E-state index contributed by atoms with van der Waals surface area (Å²) in [6.07, 6.45) is 2.34. The second-order valence-corrected chi connectivity index (χ2v) is 4.01. The predicted octanol–water partition coefficient (Wildman–Crippen LogP) is 1.62. The predicted molar refractivity (Wildman–Crippen MR) is 58.8 cm³/mol. The lowest BCUT2D eigenvalue weighted by Gasteiger charge is -2.08. The van der Waals surface area contributed by atoms with Gasteiger partial charge in [0.25, 0.3) is 0 Å². The van der Waals surface area contributed by atoms with Crippen molar-refractivity contribution in [1.29, 1.82) is 0 Å². The molecule has 1 aliphatic rings. The molecular weight excluding hydrogens is 190 g/mol. The fourth-order valence-electron chi connectivity index (χ4n) is 1.71. The maximum Gasteiger partial charge on any atom is 0.148 e. The van der Waals surface area contributed by atoms with E-state index in [-0.39, 0.29) is 0 Å². The summed E-state index contributed by atoms with van der Waals surface area (Å²) in [5, 5.41) is 11.3. The third kappa shape index (κ3) is 3.16. The highest BCUT2D eigenvalue weighted by atomic mass is 16.5. The van der Waals surface area contributed by atoms with E-state index in [0.717, 1.165) is 43.6 Å². The van der Waals surface area contributed by atoms with Gasteiger partial charge in [-0.2, -0.15) is 5.10 Å². The van der Waals surface area contributed by atoms with Crippen LogP contribution >= 0.6 is 0 Å². The van der Waals surface area contributed by atoms with E-state index in [0.29, 0.717) is 0 Å². The average Bonchev–Trinajstić information content (AvgIpc) is 2.74. The molecule has 2 rings (SSSR count). The van der Waals surface area contributed by atoms with E-state index in [1.807, 2.05) is 19.1 Å². The maximum atomic E-state index is 5.32. The number of hydrogen-bond donors (Lipinski definition) is 1. The maximum absolute atomic E-state index is 5.32. The van der Waals surface area contributed by atoms with Gasteiger partial charge in [0.2, 0.25) is 0 Å². The summed E-state index contributed by atoms with van der Waals surface area (Å²) in [6, 6.07) is 3.93. The number of hydrogen-bond acceptors (Lipinski definition) is 4. The normalized spacial score (nSPS) is 20.5. The molecule has 1 aromatic rings. The molecule has 1 fully saturated rings. The number of anilines is 1. The van der Waals surface area contributed by atoms with Gasteiger partial charge in [-0.15, -0.1) is 5.10 Å². The van der Waals surface area contributed by atoms with Crippen LogP contribution in [0, 0.1) is 12.8 Å². The average molecular weight is 207 g/mol. The minimum atomic E-state index is 0.718. The van der Waals surface area contributed by atoms with E-state index < -0.39 is 0 Å². The van der Waals surface area contributed by atoms with Gasteiger partial charge in [0.05, 0.1) is 5.69 Å². The number of rotatable bonds is 4. The first-order valence-electron chi connectivity index (χ1n) is 5.46. The first-order valence-corrected chi connectivity index (χ1v) is 5.46. The van der Waals surface area contributed by atoms with E-state index in [2.05, 4.69) is 15.5 Å². The second kappa shape index (κ2) is 5.07. The number of nitrogens with zero attached hydrogens (tertiary/aromatic N) is 2. The van der Waals surface area contributed by atoms with Crippen LogP contribution in [0.4, 0.5) is 5.82 Å². The molecule has 0 spiro atoms. The zero-order chi connectivity index (χ0) is 10.5. The van der Waals surface area contributed by atoms with Gasteiger partial charge in [0, 0.05) is 19.8 Å². The molecule has 0 saturated carbocycles. The standard InChI is InChI=1S/C11H17N3O/c1-9-2-3-11(14-13-9)12-6-4-10-5-7-15-8-10/h2-3,10H,4-8H2,1H3,(H,12,14). The molecule has 4 heteroatoms. The Hall–Kier alpha value is -1.16. The Labute approximate surface area is 90.1 Å². The Bertz CT molecular complexity index is 293. The van der Waals surface area contributed by atoms with Gasteiger partial charge < -0.3 is 10.1 Å². The van der Waals surface area contributed by atoms with Crippen LogP contribution in [0.5, 0.6) is 0 Å². The molecule has 2 heterocycles. The van der Waals surface area contributed by atoms with Crippen LogP contribution in [0.15, 0.2) is 12.1 Å². The van der Waals surface area contributed by atoms with Crippen molar-refractivity contribution < 1.29 is 4.74 Å². The lowest BCUT2D eigenvalue weighted by atomic mass is 10.1. The van der Waals surface area contributed by atoms with Crippen molar-refractivity contribution in [3.63, 3.8) is 0 Å². The minimum absolute atomic E-state index is 0.718. The SMILES string of the molecule is Cc1ccc(NCCC2CCOC2)nn1. The molecule has 1 atom stereocenters. The Morgan fingerprint density at radius 3 is 3.07 bits per heavy atom. The summed E-state index contributed by atoms with van der Waals surface area (Å²) in [5.74, 6) is 1.58. The lowest BCUT2D eigenvalue weighted by molar-refractivity contribution is 0.185. The van der Waals surface area contributed by atoms with Gasteiger partial charge >= 0.3 is 0 Å². The van der Waals surface area contributed by atoms with Crippen LogP contribution in [0.25, 0.3) is 0 Å². The summed E-state index contributed by atoms with van der Waals surface area (Å²) >= 11 is 0. The van der Waals surface area contributed by atoms with E-state index in [1.165, 1.54) is 6.42 Å².